The third kappa shape index (κ3) is 1.73. The number of carboxylic acids is 1. The second-order valence-corrected chi connectivity index (χ2v) is 4.88. The van der Waals surface area contributed by atoms with Crippen molar-refractivity contribution in [1.29, 1.82) is 0 Å². The van der Waals surface area contributed by atoms with E-state index in [1.165, 1.54) is 18.3 Å². The SMILES string of the molecule is Cc1c(F)ccc2c(=O)c(C(=O)O)cn(C3CC3)c12. The predicted octanol–water partition coefficient (Wildman–Crippen LogP) is 2.48. The largest absolute Gasteiger partial charge is 0.477 e. The summed E-state index contributed by atoms with van der Waals surface area (Å²) in [6.07, 6.45) is 3.19. The average molecular weight is 261 g/mol. The van der Waals surface area contributed by atoms with Crippen LogP contribution in [0.5, 0.6) is 0 Å². The monoisotopic (exact) mass is 261 g/mol. The van der Waals surface area contributed by atoms with Crippen molar-refractivity contribution in [2.45, 2.75) is 25.8 Å². The molecule has 1 heterocycles. The van der Waals surface area contributed by atoms with Gasteiger partial charge in [-0.25, -0.2) is 9.18 Å². The highest BCUT2D eigenvalue weighted by Gasteiger charge is 2.27. The van der Waals surface area contributed by atoms with Crippen molar-refractivity contribution in [3.05, 3.63) is 45.5 Å². The maximum absolute atomic E-state index is 13.7. The van der Waals surface area contributed by atoms with Crippen LogP contribution in [0, 0.1) is 12.7 Å². The highest BCUT2D eigenvalue weighted by Crippen LogP contribution is 2.37. The Labute approximate surface area is 108 Å². The molecule has 1 aliphatic rings. The first-order valence-electron chi connectivity index (χ1n) is 6.08. The van der Waals surface area contributed by atoms with Crippen LogP contribution in [0.2, 0.25) is 0 Å². The fourth-order valence-electron chi connectivity index (χ4n) is 2.39. The Hall–Kier alpha value is -2.17. The van der Waals surface area contributed by atoms with Gasteiger partial charge >= 0.3 is 5.97 Å². The topological polar surface area (TPSA) is 59.3 Å². The Morgan fingerprint density at radius 1 is 1.42 bits per heavy atom. The van der Waals surface area contributed by atoms with Gasteiger partial charge in [-0.15, -0.1) is 0 Å². The number of nitrogens with zero attached hydrogens (tertiary/aromatic N) is 1. The predicted molar refractivity (Wildman–Crippen MR) is 68.1 cm³/mol. The van der Waals surface area contributed by atoms with Crippen molar-refractivity contribution in [3.8, 4) is 0 Å². The van der Waals surface area contributed by atoms with Gasteiger partial charge in [0.05, 0.1) is 5.52 Å². The van der Waals surface area contributed by atoms with Gasteiger partial charge in [-0.3, -0.25) is 4.79 Å². The lowest BCUT2D eigenvalue weighted by Gasteiger charge is -2.13. The molecular weight excluding hydrogens is 249 g/mol. The van der Waals surface area contributed by atoms with Gasteiger partial charge in [0.1, 0.15) is 11.4 Å². The normalized spacial score (nSPS) is 14.8. The second-order valence-electron chi connectivity index (χ2n) is 4.88. The Bertz CT molecular complexity index is 759. The summed E-state index contributed by atoms with van der Waals surface area (Å²) < 4.78 is 15.4. The molecular formula is C14H12FNO3. The molecule has 0 aliphatic heterocycles. The summed E-state index contributed by atoms with van der Waals surface area (Å²) in [7, 11) is 0. The molecule has 4 nitrogen and oxygen atoms in total. The van der Waals surface area contributed by atoms with Crippen LogP contribution in [-0.4, -0.2) is 15.6 Å². The number of halogens is 1. The number of fused-ring (bicyclic) bond motifs is 1. The van der Waals surface area contributed by atoms with Gasteiger partial charge in [-0.05, 0) is 31.9 Å². The fourth-order valence-corrected chi connectivity index (χ4v) is 2.39. The van der Waals surface area contributed by atoms with Crippen LogP contribution in [0.3, 0.4) is 0 Å². The average Bonchev–Trinajstić information content (AvgIpc) is 3.18. The standard InChI is InChI=1S/C14H12FNO3/c1-7-11(15)5-4-9-12(7)16(8-2-3-8)6-10(13(9)17)14(18)19/h4-6,8H,2-3H2,1H3,(H,18,19). The highest BCUT2D eigenvalue weighted by atomic mass is 19.1. The summed E-state index contributed by atoms with van der Waals surface area (Å²) in [5.74, 6) is -1.63. The van der Waals surface area contributed by atoms with Gasteiger partial charge in [0.2, 0.25) is 5.43 Å². The van der Waals surface area contributed by atoms with Crippen LogP contribution in [0.4, 0.5) is 4.39 Å². The van der Waals surface area contributed by atoms with Gasteiger partial charge in [-0.2, -0.15) is 0 Å². The van der Waals surface area contributed by atoms with Crippen molar-refractivity contribution in [3.63, 3.8) is 0 Å². The van der Waals surface area contributed by atoms with Crippen LogP contribution in [-0.2, 0) is 0 Å². The molecule has 0 spiro atoms. The number of hydrogen-bond donors (Lipinski definition) is 1. The number of carbonyl (C=O) groups is 1. The minimum atomic E-state index is -1.25. The number of aromatic carboxylic acids is 1. The molecule has 1 N–H and O–H groups in total. The molecule has 0 unspecified atom stereocenters. The van der Waals surface area contributed by atoms with Crippen molar-refractivity contribution < 1.29 is 14.3 Å². The van der Waals surface area contributed by atoms with E-state index >= 15 is 0 Å². The van der Waals surface area contributed by atoms with E-state index in [1.54, 1.807) is 11.5 Å². The molecule has 0 amide bonds. The number of aromatic nitrogens is 1. The molecule has 3 rings (SSSR count). The molecule has 0 radical (unpaired) electrons. The first-order valence-corrected chi connectivity index (χ1v) is 6.08. The molecule has 1 aromatic carbocycles. The lowest BCUT2D eigenvalue weighted by Crippen LogP contribution is -2.19. The first-order chi connectivity index (χ1) is 9.00. The number of hydrogen-bond acceptors (Lipinski definition) is 2. The Kier molecular flexibility index (Phi) is 2.45. The van der Waals surface area contributed by atoms with Gasteiger partial charge in [0, 0.05) is 23.2 Å². The lowest BCUT2D eigenvalue weighted by atomic mass is 10.1. The van der Waals surface area contributed by atoms with E-state index in [2.05, 4.69) is 0 Å². The zero-order valence-corrected chi connectivity index (χ0v) is 10.3. The second kappa shape index (κ2) is 3.91. The van der Waals surface area contributed by atoms with Gasteiger partial charge in [0.15, 0.2) is 0 Å². The summed E-state index contributed by atoms with van der Waals surface area (Å²) in [5.41, 5.74) is 0.0869. The van der Waals surface area contributed by atoms with Crippen LogP contribution < -0.4 is 5.43 Å². The zero-order valence-electron chi connectivity index (χ0n) is 10.3. The lowest BCUT2D eigenvalue weighted by molar-refractivity contribution is 0.0695. The van der Waals surface area contributed by atoms with Crippen molar-refractivity contribution in [2.75, 3.05) is 0 Å². The quantitative estimate of drug-likeness (QED) is 0.903. The van der Waals surface area contributed by atoms with E-state index in [9.17, 15) is 14.0 Å². The number of pyridine rings is 1. The summed E-state index contributed by atoms with van der Waals surface area (Å²) in [6, 6.07) is 2.74. The maximum atomic E-state index is 13.7. The summed E-state index contributed by atoms with van der Waals surface area (Å²) >= 11 is 0. The van der Waals surface area contributed by atoms with Crippen molar-refractivity contribution in [1.82, 2.24) is 4.57 Å². The maximum Gasteiger partial charge on any atom is 0.341 e. The van der Waals surface area contributed by atoms with E-state index in [1.807, 2.05) is 0 Å². The number of benzene rings is 1. The molecule has 1 fully saturated rings. The first kappa shape index (κ1) is 11.9. The fraction of sp³-hybridized carbons (Fsp3) is 0.286. The van der Waals surface area contributed by atoms with Gasteiger partial charge in [-0.1, -0.05) is 0 Å². The summed E-state index contributed by atoms with van der Waals surface area (Å²) in [4.78, 5) is 23.2. The Morgan fingerprint density at radius 3 is 2.68 bits per heavy atom. The molecule has 1 aliphatic carbocycles. The van der Waals surface area contributed by atoms with Crippen molar-refractivity contribution in [2.24, 2.45) is 0 Å². The van der Waals surface area contributed by atoms with Gasteiger partial charge in [0.25, 0.3) is 0 Å². The van der Waals surface area contributed by atoms with Crippen LogP contribution >= 0.6 is 0 Å². The minimum Gasteiger partial charge on any atom is -0.477 e. The molecule has 19 heavy (non-hydrogen) atoms. The smallest absolute Gasteiger partial charge is 0.341 e. The minimum absolute atomic E-state index is 0.168. The number of rotatable bonds is 2. The van der Waals surface area contributed by atoms with Gasteiger partial charge < -0.3 is 9.67 Å². The third-order valence-electron chi connectivity index (χ3n) is 3.55. The molecule has 0 atom stereocenters. The van der Waals surface area contributed by atoms with Crippen LogP contribution in [0.1, 0.15) is 34.8 Å². The summed E-state index contributed by atoms with van der Waals surface area (Å²) in [6.45, 7) is 1.61. The highest BCUT2D eigenvalue weighted by molar-refractivity contribution is 5.93. The van der Waals surface area contributed by atoms with E-state index in [0.29, 0.717) is 11.1 Å². The molecule has 1 aromatic heterocycles. The van der Waals surface area contributed by atoms with Crippen LogP contribution in [0.25, 0.3) is 10.9 Å². The van der Waals surface area contributed by atoms with E-state index in [-0.39, 0.29) is 22.8 Å². The molecule has 0 bridgehead atoms. The van der Waals surface area contributed by atoms with E-state index in [0.717, 1.165) is 12.8 Å². The van der Waals surface area contributed by atoms with E-state index in [4.69, 9.17) is 5.11 Å². The number of carboxylic acid groups (broad SMARTS) is 1. The van der Waals surface area contributed by atoms with Crippen molar-refractivity contribution >= 4 is 16.9 Å². The Balaban J connectivity index is 2.49. The van der Waals surface area contributed by atoms with E-state index < -0.39 is 11.4 Å². The third-order valence-corrected chi connectivity index (χ3v) is 3.55. The number of aryl methyl sites for hydroxylation is 1. The molecule has 5 heteroatoms. The summed E-state index contributed by atoms with van der Waals surface area (Å²) in [5, 5.41) is 9.36. The van der Waals surface area contributed by atoms with Crippen LogP contribution in [0.15, 0.2) is 23.1 Å². The Morgan fingerprint density at radius 2 is 2.11 bits per heavy atom. The molecule has 2 aromatic rings. The molecule has 0 saturated heterocycles. The molecule has 98 valence electrons. The zero-order chi connectivity index (χ0) is 13.7. The molecule has 1 saturated carbocycles.